The standard InChI is InChI=1S/C23H23N3O4S/c1-13-8-14-9-15(4-5-16(14)25-13)30-18-6-7-24-17-10-21(31-22(17)18)23(27)26-11-19(28-2)20(12-26)29-3/h4-10,19-20,25H,11-12H2,1-3H3/t19-,20+. The first-order chi connectivity index (χ1) is 15.1. The quantitative estimate of drug-likeness (QED) is 0.502. The second-order valence-electron chi connectivity index (χ2n) is 7.70. The first-order valence-corrected chi connectivity index (χ1v) is 10.9. The molecule has 1 N–H and O–H groups in total. The Morgan fingerprint density at radius 3 is 2.65 bits per heavy atom. The van der Waals surface area contributed by atoms with Crippen molar-refractivity contribution in [2.24, 2.45) is 0 Å². The van der Waals surface area contributed by atoms with Crippen molar-refractivity contribution in [1.82, 2.24) is 14.9 Å². The summed E-state index contributed by atoms with van der Waals surface area (Å²) in [6.45, 7) is 3.05. The first-order valence-electron chi connectivity index (χ1n) is 10.1. The fraction of sp³-hybridized carbons (Fsp3) is 0.304. The van der Waals surface area contributed by atoms with Gasteiger partial charge in [0.1, 0.15) is 23.7 Å². The minimum atomic E-state index is -0.118. The van der Waals surface area contributed by atoms with E-state index in [0.717, 1.165) is 32.6 Å². The maximum Gasteiger partial charge on any atom is 0.264 e. The van der Waals surface area contributed by atoms with Crippen LogP contribution in [-0.2, 0) is 9.47 Å². The molecule has 1 amide bonds. The molecule has 0 bridgehead atoms. The maximum atomic E-state index is 13.1. The largest absolute Gasteiger partial charge is 0.456 e. The monoisotopic (exact) mass is 437 g/mol. The lowest BCUT2D eigenvalue weighted by Gasteiger charge is -2.14. The van der Waals surface area contributed by atoms with E-state index in [-0.39, 0.29) is 18.1 Å². The molecule has 0 saturated carbocycles. The van der Waals surface area contributed by atoms with Crippen LogP contribution >= 0.6 is 11.3 Å². The molecule has 0 unspecified atom stereocenters. The number of nitrogens with one attached hydrogen (secondary N) is 1. The number of likely N-dealkylation sites (tertiary alicyclic amines) is 1. The maximum absolute atomic E-state index is 13.1. The van der Waals surface area contributed by atoms with Gasteiger partial charge in [-0.2, -0.15) is 0 Å². The Labute approximate surface area is 183 Å². The molecule has 1 aromatic carbocycles. The Hall–Kier alpha value is -2.94. The van der Waals surface area contributed by atoms with Gasteiger partial charge in [0.25, 0.3) is 5.91 Å². The molecule has 1 aliphatic rings. The van der Waals surface area contributed by atoms with E-state index in [0.29, 0.717) is 23.7 Å². The number of rotatable bonds is 5. The molecule has 3 aromatic heterocycles. The first kappa shape index (κ1) is 20.0. The second kappa shape index (κ2) is 7.96. The molecule has 4 aromatic rings. The number of H-pyrrole nitrogens is 1. The molecular weight excluding hydrogens is 414 g/mol. The summed E-state index contributed by atoms with van der Waals surface area (Å²) in [5, 5.41) is 1.09. The number of ether oxygens (including phenoxy) is 3. The normalized spacial score (nSPS) is 18.9. The molecule has 7 nitrogen and oxygen atoms in total. The number of methoxy groups -OCH3 is 2. The SMILES string of the molecule is CO[C@H]1CN(C(=O)c2cc3nccc(Oc4ccc5[nH]c(C)cc5c4)c3s2)C[C@H]1OC. The Morgan fingerprint density at radius 1 is 1.13 bits per heavy atom. The molecule has 0 spiro atoms. The van der Waals surface area contributed by atoms with E-state index in [1.807, 2.05) is 37.3 Å². The van der Waals surface area contributed by atoms with Gasteiger partial charge in [0.15, 0.2) is 0 Å². The molecule has 0 aliphatic carbocycles. The number of amides is 1. The van der Waals surface area contributed by atoms with Crippen LogP contribution in [0.5, 0.6) is 11.5 Å². The van der Waals surface area contributed by atoms with E-state index in [1.54, 1.807) is 25.3 Å². The number of hydrogen-bond acceptors (Lipinski definition) is 6. The van der Waals surface area contributed by atoms with Gasteiger partial charge in [0.05, 0.1) is 15.1 Å². The van der Waals surface area contributed by atoms with E-state index < -0.39 is 0 Å². The highest BCUT2D eigenvalue weighted by atomic mass is 32.1. The van der Waals surface area contributed by atoms with E-state index in [9.17, 15) is 4.79 Å². The summed E-state index contributed by atoms with van der Waals surface area (Å²) in [7, 11) is 3.29. The predicted molar refractivity (Wildman–Crippen MR) is 120 cm³/mol. The molecule has 160 valence electrons. The fourth-order valence-electron chi connectivity index (χ4n) is 4.07. The number of aromatic nitrogens is 2. The summed E-state index contributed by atoms with van der Waals surface area (Å²) < 4.78 is 18.0. The van der Waals surface area contributed by atoms with Crippen LogP contribution in [-0.4, -0.2) is 60.3 Å². The lowest BCUT2D eigenvalue weighted by molar-refractivity contribution is -0.00461. The molecule has 1 fully saturated rings. The number of pyridine rings is 1. The third-order valence-electron chi connectivity index (χ3n) is 5.65. The third kappa shape index (κ3) is 3.67. The van der Waals surface area contributed by atoms with Crippen molar-refractivity contribution in [3.8, 4) is 11.5 Å². The van der Waals surface area contributed by atoms with Crippen molar-refractivity contribution in [2.75, 3.05) is 27.3 Å². The molecule has 4 heterocycles. The number of carbonyl (C=O) groups is 1. The fourth-order valence-corrected chi connectivity index (χ4v) is 5.10. The molecular formula is C23H23N3O4S. The van der Waals surface area contributed by atoms with Crippen LogP contribution in [0.2, 0.25) is 0 Å². The van der Waals surface area contributed by atoms with Gasteiger partial charge < -0.3 is 24.1 Å². The Bertz CT molecular complexity index is 1250. The molecule has 2 atom stereocenters. The van der Waals surface area contributed by atoms with E-state index in [2.05, 4.69) is 16.0 Å². The summed E-state index contributed by atoms with van der Waals surface area (Å²) in [4.78, 5) is 23.3. The van der Waals surface area contributed by atoms with Gasteiger partial charge in [-0.1, -0.05) is 0 Å². The average molecular weight is 438 g/mol. The lowest BCUT2D eigenvalue weighted by atomic mass is 10.2. The predicted octanol–water partition coefficient (Wildman–Crippen LogP) is 4.36. The highest BCUT2D eigenvalue weighted by Crippen LogP contribution is 2.36. The molecule has 8 heteroatoms. The molecule has 5 rings (SSSR count). The van der Waals surface area contributed by atoms with Gasteiger partial charge in [0.2, 0.25) is 0 Å². The Kier molecular flexibility index (Phi) is 5.13. The highest BCUT2D eigenvalue weighted by Gasteiger charge is 2.36. The van der Waals surface area contributed by atoms with Crippen molar-refractivity contribution in [3.05, 3.63) is 53.2 Å². The van der Waals surface area contributed by atoms with Gasteiger partial charge in [-0.25, -0.2) is 0 Å². The van der Waals surface area contributed by atoms with Crippen LogP contribution in [0.25, 0.3) is 21.1 Å². The van der Waals surface area contributed by atoms with Gasteiger partial charge >= 0.3 is 0 Å². The summed E-state index contributed by atoms with van der Waals surface area (Å²) in [6, 6.07) is 11.7. The van der Waals surface area contributed by atoms with E-state index in [4.69, 9.17) is 14.2 Å². The number of thiophene rings is 1. The summed E-state index contributed by atoms with van der Waals surface area (Å²) in [5.74, 6) is 1.39. The molecule has 31 heavy (non-hydrogen) atoms. The number of carbonyl (C=O) groups excluding carboxylic acids is 1. The number of fused-ring (bicyclic) bond motifs is 2. The number of hydrogen-bond donors (Lipinski definition) is 1. The van der Waals surface area contributed by atoms with Crippen LogP contribution < -0.4 is 4.74 Å². The van der Waals surface area contributed by atoms with Gasteiger partial charge in [-0.15, -0.1) is 11.3 Å². The zero-order valence-corrected chi connectivity index (χ0v) is 18.4. The lowest BCUT2D eigenvalue weighted by Crippen LogP contribution is -2.29. The van der Waals surface area contributed by atoms with Crippen molar-refractivity contribution >= 4 is 38.4 Å². The van der Waals surface area contributed by atoms with Crippen molar-refractivity contribution in [2.45, 2.75) is 19.1 Å². The Morgan fingerprint density at radius 2 is 1.90 bits per heavy atom. The van der Waals surface area contributed by atoms with E-state index in [1.165, 1.54) is 11.3 Å². The zero-order chi connectivity index (χ0) is 21.5. The molecule has 1 aliphatic heterocycles. The second-order valence-corrected chi connectivity index (χ2v) is 8.75. The van der Waals surface area contributed by atoms with Crippen LogP contribution in [0.3, 0.4) is 0 Å². The molecule has 1 saturated heterocycles. The van der Waals surface area contributed by atoms with Crippen LogP contribution in [0.15, 0.2) is 42.6 Å². The van der Waals surface area contributed by atoms with Crippen molar-refractivity contribution in [1.29, 1.82) is 0 Å². The number of benzene rings is 1. The third-order valence-corrected chi connectivity index (χ3v) is 6.78. The number of aryl methyl sites for hydroxylation is 1. The Balaban J connectivity index is 1.42. The van der Waals surface area contributed by atoms with Gasteiger partial charge in [0, 0.05) is 56.2 Å². The summed E-state index contributed by atoms with van der Waals surface area (Å²) in [5.41, 5.74) is 2.92. The smallest absolute Gasteiger partial charge is 0.264 e. The average Bonchev–Trinajstić information content (AvgIpc) is 3.48. The van der Waals surface area contributed by atoms with Crippen LogP contribution in [0.1, 0.15) is 15.4 Å². The summed E-state index contributed by atoms with van der Waals surface area (Å²) >= 11 is 1.40. The van der Waals surface area contributed by atoms with Crippen molar-refractivity contribution in [3.63, 3.8) is 0 Å². The van der Waals surface area contributed by atoms with Crippen molar-refractivity contribution < 1.29 is 19.0 Å². The summed E-state index contributed by atoms with van der Waals surface area (Å²) in [6.07, 6.45) is 1.47. The minimum Gasteiger partial charge on any atom is -0.456 e. The zero-order valence-electron chi connectivity index (χ0n) is 17.5. The van der Waals surface area contributed by atoms with Gasteiger partial charge in [-0.3, -0.25) is 9.78 Å². The minimum absolute atomic E-state index is 0.0419. The number of aromatic amines is 1. The highest BCUT2D eigenvalue weighted by molar-refractivity contribution is 7.21. The van der Waals surface area contributed by atoms with Crippen LogP contribution in [0.4, 0.5) is 0 Å². The van der Waals surface area contributed by atoms with Gasteiger partial charge in [-0.05, 0) is 37.3 Å². The number of nitrogens with zero attached hydrogens (tertiary/aromatic N) is 2. The van der Waals surface area contributed by atoms with Crippen LogP contribution in [0, 0.1) is 6.92 Å². The topological polar surface area (TPSA) is 76.7 Å². The van der Waals surface area contributed by atoms with E-state index >= 15 is 0 Å². The molecule has 0 radical (unpaired) electrons.